The van der Waals surface area contributed by atoms with E-state index in [1.807, 2.05) is 0 Å². The number of hydrogen-bond acceptors (Lipinski definition) is 4. The lowest BCUT2D eigenvalue weighted by Gasteiger charge is -1.95. The smallest absolute Gasteiger partial charge is 0.172 e. The first-order valence-corrected chi connectivity index (χ1v) is 4.43. The van der Waals surface area contributed by atoms with Gasteiger partial charge >= 0.3 is 0 Å². The van der Waals surface area contributed by atoms with Gasteiger partial charge in [-0.15, -0.1) is 11.3 Å². The van der Waals surface area contributed by atoms with Crippen molar-refractivity contribution < 1.29 is 5.11 Å². The molecule has 64 valence electrons. The van der Waals surface area contributed by atoms with Crippen LogP contribution in [0.1, 0.15) is 4.88 Å². The Balaban J connectivity index is 3.28. The molecule has 0 aromatic carbocycles. The Labute approximate surface area is 83.7 Å². The first-order valence-electron chi connectivity index (χ1n) is 3.17. The van der Waals surface area contributed by atoms with E-state index in [2.05, 4.69) is 0 Å². The van der Waals surface area contributed by atoms with Gasteiger partial charge in [0.2, 0.25) is 0 Å². The van der Waals surface area contributed by atoms with Crippen molar-refractivity contribution in [2.24, 2.45) is 0 Å². The van der Waals surface area contributed by atoms with Crippen LogP contribution >= 0.6 is 22.9 Å². The van der Waals surface area contributed by atoms with E-state index in [0.29, 0.717) is 9.90 Å². The van der Waals surface area contributed by atoms with Crippen LogP contribution in [-0.2, 0) is 0 Å². The summed E-state index contributed by atoms with van der Waals surface area (Å²) < 4.78 is 0. The molecule has 0 aliphatic heterocycles. The molecule has 0 saturated heterocycles. The van der Waals surface area contributed by atoms with Crippen LogP contribution < -0.4 is 0 Å². The van der Waals surface area contributed by atoms with Gasteiger partial charge in [-0.3, -0.25) is 0 Å². The summed E-state index contributed by atoms with van der Waals surface area (Å²) in [4.78, 5) is 0.347. The Hall–Kier alpha value is -1.49. The van der Waals surface area contributed by atoms with Crippen LogP contribution in [0.2, 0.25) is 5.02 Å². The van der Waals surface area contributed by atoms with Crippen molar-refractivity contribution >= 4 is 28.7 Å². The minimum absolute atomic E-state index is 0.329. The number of hydrogen-bond donors (Lipinski definition) is 1. The summed E-state index contributed by atoms with van der Waals surface area (Å²) in [6.45, 7) is 0. The summed E-state index contributed by atoms with van der Waals surface area (Å²) in [6, 6.07) is 4.75. The lowest BCUT2D eigenvalue weighted by molar-refractivity contribution is 0.512. The zero-order chi connectivity index (χ0) is 9.84. The minimum Gasteiger partial charge on any atom is -0.504 e. The van der Waals surface area contributed by atoms with Crippen molar-refractivity contribution in [2.45, 2.75) is 0 Å². The minimum atomic E-state index is -0.356. The molecule has 0 unspecified atom stereocenters. The molecule has 13 heavy (non-hydrogen) atoms. The number of aliphatic hydroxyl groups excluding tert-OH is 1. The fourth-order valence-corrected chi connectivity index (χ4v) is 1.80. The van der Waals surface area contributed by atoms with Gasteiger partial charge in [-0.25, -0.2) is 0 Å². The van der Waals surface area contributed by atoms with E-state index >= 15 is 0 Å². The van der Waals surface area contributed by atoms with Gasteiger partial charge in [0.25, 0.3) is 0 Å². The van der Waals surface area contributed by atoms with Gasteiger partial charge in [0.15, 0.2) is 11.3 Å². The van der Waals surface area contributed by atoms with Gasteiger partial charge in [-0.2, -0.15) is 10.5 Å². The van der Waals surface area contributed by atoms with Gasteiger partial charge in [0, 0.05) is 0 Å². The van der Waals surface area contributed by atoms with E-state index < -0.39 is 0 Å². The molecule has 0 radical (unpaired) electrons. The molecule has 1 heterocycles. The normalized spacial score (nSPS) is 8.54. The number of allylic oxidation sites excluding steroid dienone is 1. The van der Waals surface area contributed by atoms with E-state index in [4.69, 9.17) is 22.1 Å². The fourth-order valence-electron chi connectivity index (χ4n) is 0.707. The molecule has 0 atom stereocenters. The maximum Gasteiger partial charge on any atom is 0.172 e. The number of nitrogens with zero attached hydrogens (tertiary/aromatic N) is 2. The lowest BCUT2D eigenvalue weighted by Crippen LogP contribution is -1.84. The third-order valence-electron chi connectivity index (χ3n) is 1.29. The highest BCUT2D eigenvalue weighted by Gasteiger charge is 2.11. The van der Waals surface area contributed by atoms with Crippen molar-refractivity contribution in [1.82, 2.24) is 0 Å². The largest absolute Gasteiger partial charge is 0.504 e. The Kier molecular flexibility index (Phi) is 2.92. The van der Waals surface area contributed by atoms with Crippen LogP contribution in [0, 0.1) is 22.7 Å². The molecule has 0 fully saturated rings. The topological polar surface area (TPSA) is 67.8 Å². The highest BCUT2D eigenvalue weighted by atomic mass is 35.5. The summed E-state index contributed by atoms with van der Waals surface area (Å²) in [7, 11) is 0. The average molecular weight is 211 g/mol. The van der Waals surface area contributed by atoms with Crippen LogP contribution in [0.15, 0.2) is 17.0 Å². The number of thiophene rings is 1. The molecule has 0 bridgehead atoms. The van der Waals surface area contributed by atoms with Crippen molar-refractivity contribution in [2.75, 3.05) is 0 Å². The predicted octanol–water partition coefficient (Wildman–Crippen LogP) is 2.72. The third-order valence-corrected chi connectivity index (χ3v) is 2.64. The van der Waals surface area contributed by atoms with Crippen LogP contribution in [0.25, 0.3) is 5.76 Å². The number of rotatable bonds is 1. The Morgan fingerprint density at radius 3 is 2.46 bits per heavy atom. The third kappa shape index (κ3) is 1.81. The van der Waals surface area contributed by atoms with E-state index in [0.717, 1.165) is 0 Å². The Bertz CT molecular complexity index is 420. The fraction of sp³-hybridized carbons (Fsp3) is 0. The molecule has 3 nitrogen and oxygen atoms in total. The molecular formula is C8H3ClN2OS. The van der Waals surface area contributed by atoms with E-state index in [-0.39, 0.29) is 11.3 Å². The molecular weight excluding hydrogens is 208 g/mol. The summed E-state index contributed by atoms with van der Waals surface area (Å²) in [5.41, 5.74) is -0.329. The van der Waals surface area contributed by atoms with Crippen molar-refractivity contribution in [3.63, 3.8) is 0 Å². The molecule has 0 amide bonds. The summed E-state index contributed by atoms with van der Waals surface area (Å²) in [6.07, 6.45) is 0. The van der Waals surface area contributed by atoms with E-state index in [1.54, 1.807) is 23.6 Å². The molecule has 1 aromatic rings. The van der Waals surface area contributed by atoms with E-state index in [1.165, 1.54) is 11.3 Å². The van der Waals surface area contributed by atoms with Crippen molar-refractivity contribution in [3.8, 4) is 12.1 Å². The van der Waals surface area contributed by atoms with Gasteiger partial charge in [0.05, 0.1) is 9.90 Å². The zero-order valence-corrected chi connectivity index (χ0v) is 7.85. The lowest BCUT2D eigenvalue weighted by atomic mass is 10.2. The molecule has 0 aliphatic rings. The van der Waals surface area contributed by atoms with Gasteiger partial charge in [0.1, 0.15) is 12.1 Å². The van der Waals surface area contributed by atoms with Gasteiger partial charge < -0.3 is 5.11 Å². The SMILES string of the molecule is N#CC(C#N)=C(O)c1sccc1Cl. The second kappa shape index (κ2) is 3.95. The van der Waals surface area contributed by atoms with E-state index in [9.17, 15) is 5.11 Å². The molecule has 5 heteroatoms. The highest BCUT2D eigenvalue weighted by molar-refractivity contribution is 7.11. The first-order chi connectivity index (χ1) is 6.20. The Morgan fingerprint density at radius 1 is 1.46 bits per heavy atom. The summed E-state index contributed by atoms with van der Waals surface area (Å²) in [5.74, 6) is -0.356. The first kappa shape index (κ1) is 9.60. The number of nitriles is 2. The molecule has 1 rings (SSSR count). The molecule has 0 spiro atoms. The molecule has 0 aliphatic carbocycles. The Morgan fingerprint density at radius 2 is 2.08 bits per heavy atom. The molecule has 0 saturated carbocycles. The standard InChI is InChI=1S/C8H3ClN2OS/c9-6-1-2-13-8(6)7(12)5(3-10)4-11/h1-2,12H. The summed E-state index contributed by atoms with van der Waals surface area (Å²) >= 11 is 6.86. The predicted molar refractivity (Wildman–Crippen MR) is 50.1 cm³/mol. The highest BCUT2D eigenvalue weighted by Crippen LogP contribution is 2.29. The quantitative estimate of drug-likeness (QED) is 0.572. The molecule has 1 N–H and O–H groups in total. The second-order valence-corrected chi connectivity index (χ2v) is 3.37. The molecule has 1 aromatic heterocycles. The van der Waals surface area contributed by atoms with Crippen LogP contribution in [0.5, 0.6) is 0 Å². The van der Waals surface area contributed by atoms with Crippen molar-refractivity contribution in [1.29, 1.82) is 10.5 Å². The monoisotopic (exact) mass is 210 g/mol. The van der Waals surface area contributed by atoms with Gasteiger partial charge in [-0.05, 0) is 11.4 Å². The summed E-state index contributed by atoms with van der Waals surface area (Å²) in [5, 5.41) is 28.3. The number of halogens is 1. The maximum atomic E-state index is 9.41. The van der Waals surface area contributed by atoms with Crippen LogP contribution in [0.3, 0.4) is 0 Å². The van der Waals surface area contributed by atoms with Gasteiger partial charge in [-0.1, -0.05) is 11.6 Å². The average Bonchev–Trinajstić information content (AvgIpc) is 2.53. The van der Waals surface area contributed by atoms with Crippen molar-refractivity contribution in [3.05, 3.63) is 26.9 Å². The number of aliphatic hydroxyl groups is 1. The van der Waals surface area contributed by atoms with Crippen LogP contribution in [-0.4, -0.2) is 5.11 Å². The zero-order valence-electron chi connectivity index (χ0n) is 6.28. The second-order valence-electron chi connectivity index (χ2n) is 2.04. The van der Waals surface area contributed by atoms with Crippen LogP contribution in [0.4, 0.5) is 0 Å². The maximum absolute atomic E-state index is 9.41.